The van der Waals surface area contributed by atoms with Crippen LogP contribution in [0.4, 0.5) is 17.1 Å². The first-order valence-electron chi connectivity index (χ1n) is 12.8. The lowest BCUT2D eigenvalue weighted by Gasteiger charge is -2.15. The molecule has 0 saturated carbocycles. The Morgan fingerprint density at radius 2 is 1.44 bits per heavy atom. The third kappa shape index (κ3) is 7.14. The minimum absolute atomic E-state index is 0.0909. The molecular formula is C27H19N3O14S4. The van der Waals surface area contributed by atoms with Crippen LogP contribution in [0.25, 0.3) is 21.5 Å². The number of carbonyl (C=O) groups excluding carboxylic acids is 1. The summed E-state index contributed by atoms with van der Waals surface area (Å²) >= 11 is 0.418. The summed E-state index contributed by atoms with van der Waals surface area (Å²) in [5.74, 6) is -1.66. The molecular weight excluding hydrogens is 719 g/mol. The van der Waals surface area contributed by atoms with Crippen LogP contribution in [0.2, 0.25) is 0 Å². The number of phenols is 1. The molecule has 1 amide bonds. The number of hydrogen-bond acceptors (Lipinski definition) is 14. The number of carbonyl (C=O) groups is 1. The van der Waals surface area contributed by atoms with Gasteiger partial charge >= 0.3 is 0 Å². The summed E-state index contributed by atoms with van der Waals surface area (Å²) in [6.07, 6.45) is 0. The van der Waals surface area contributed by atoms with Gasteiger partial charge in [-0.1, -0.05) is 41.4 Å². The van der Waals surface area contributed by atoms with Gasteiger partial charge in [-0.05, 0) is 47.9 Å². The molecule has 17 nitrogen and oxygen atoms in total. The Hall–Kier alpha value is -4.55. The van der Waals surface area contributed by atoms with Crippen molar-refractivity contribution in [1.29, 1.82) is 0 Å². The van der Waals surface area contributed by atoms with E-state index in [-0.39, 0.29) is 32.3 Å². The van der Waals surface area contributed by atoms with Gasteiger partial charge in [0.25, 0.3) is 36.3 Å². The second-order valence-corrected chi connectivity index (χ2v) is 14.5. The summed E-state index contributed by atoms with van der Waals surface area (Å²) in [4.78, 5) is 10.4. The van der Waals surface area contributed by atoms with Crippen molar-refractivity contribution in [2.75, 3.05) is 5.32 Å². The van der Waals surface area contributed by atoms with Gasteiger partial charge in [0.1, 0.15) is 26.1 Å². The molecule has 0 radical (unpaired) electrons. The van der Waals surface area contributed by atoms with E-state index in [2.05, 4.69) is 24.9 Å². The van der Waals surface area contributed by atoms with Crippen molar-refractivity contribution in [2.24, 2.45) is 10.2 Å². The molecule has 0 fully saturated rings. The predicted molar refractivity (Wildman–Crippen MR) is 168 cm³/mol. The lowest BCUT2D eigenvalue weighted by Crippen LogP contribution is -2.12. The molecule has 250 valence electrons. The molecule has 48 heavy (non-hydrogen) atoms. The molecule has 0 aliphatic heterocycles. The standard InChI is InChI=1S/C27H19N3O14S4/c31-25-23-15(11-16(45-44-43-33)13-20(23)28-27(32)14-5-2-1-3-6-14)12-22(47(37,38)39)24(25)30-29-19-10-9-17-18(26(19)48(40,41)42)7-4-8-21(17)46(34,35)36/h1-13,31,33H,(H,28,32)(H,34,35,36)(H,37,38,39)(H,40,41,42). The van der Waals surface area contributed by atoms with E-state index in [1.54, 1.807) is 18.2 Å². The normalized spacial score (nSPS) is 12.6. The number of azo groups is 1. The SMILES string of the molecule is O=C(Nc1cc(SOOO)cc2cc(S(=O)(=O)O)c(N=Nc3ccc4c(S(=O)(=O)O)cccc4c3S(=O)(=O)O)c(O)c12)c1ccccc1. The van der Waals surface area contributed by atoms with E-state index in [4.69, 9.17) is 5.26 Å². The number of fused-ring (bicyclic) bond motifs is 2. The largest absolute Gasteiger partial charge is 0.505 e. The molecule has 5 rings (SSSR count). The van der Waals surface area contributed by atoms with Crippen molar-refractivity contribution in [1.82, 2.24) is 0 Å². The van der Waals surface area contributed by atoms with Gasteiger partial charge in [-0.25, -0.2) is 5.26 Å². The Bertz CT molecular complexity index is 2470. The highest BCUT2D eigenvalue weighted by molar-refractivity contribution is 7.94. The summed E-state index contributed by atoms with van der Waals surface area (Å²) in [5, 5.41) is 32.4. The Morgan fingerprint density at radius 3 is 2.06 bits per heavy atom. The van der Waals surface area contributed by atoms with E-state index in [1.807, 2.05) is 0 Å². The van der Waals surface area contributed by atoms with Crippen molar-refractivity contribution >= 4 is 86.9 Å². The zero-order chi connectivity index (χ0) is 35.0. The Kier molecular flexibility index (Phi) is 9.53. The van der Waals surface area contributed by atoms with Gasteiger partial charge in [0.05, 0.1) is 17.7 Å². The summed E-state index contributed by atoms with van der Waals surface area (Å²) < 4.78 is 108. The number of hydrogen-bond donors (Lipinski definition) is 6. The maximum absolute atomic E-state index is 13.0. The lowest BCUT2D eigenvalue weighted by atomic mass is 10.1. The first kappa shape index (κ1) is 34.8. The summed E-state index contributed by atoms with van der Waals surface area (Å²) in [6.45, 7) is 0. The van der Waals surface area contributed by atoms with Gasteiger partial charge in [-0.15, -0.1) is 14.6 Å². The second kappa shape index (κ2) is 13.2. The third-order valence-corrected chi connectivity index (χ3v) is 9.87. The molecule has 0 saturated heterocycles. The monoisotopic (exact) mass is 737 g/mol. The number of nitrogens with one attached hydrogen (secondary N) is 1. The highest BCUT2D eigenvalue weighted by atomic mass is 32.2. The van der Waals surface area contributed by atoms with Crippen LogP contribution < -0.4 is 5.32 Å². The van der Waals surface area contributed by atoms with Gasteiger partial charge in [-0.3, -0.25) is 18.5 Å². The average Bonchev–Trinajstić information content (AvgIpc) is 3.01. The maximum Gasteiger partial charge on any atom is 0.297 e. The van der Waals surface area contributed by atoms with Gasteiger partial charge in [0.2, 0.25) is 0 Å². The van der Waals surface area contributed by atoms with Crippen molar-refractivity contribution in [3.05, 3.63) is 84.4 Å². The number of amides is 1. The maximum atomic E-state index is 13.0. The molecule has 0 spiro atoms. The quantitative estimate of drug-likeness (QED) is 0.0338. The van der Waals surface area contributed by atoms with Crippen molar-refractivity contribution < 1.29 is 63.4 Å². The fourth-order valence-electron chi connectivity index (χ4n) is 4.71. The zero-order valence-electron chi connectivity index (χ0n) is 23.4. The van der Waals surface area contributed by atoms with E-state index in [9.17, 15) is 48.8 Å². The van der Waals surface area contributed by atoms with Crippen molar-refractivity contribution in [3.8, 4) is 5.75 Å². The minimum Gasteiger partial charge on any atom is -0.505 e. The van der Waals surface area contributed by atoms with Crippen LogP contribution in [-0.4, -0.2) is 55.2 Å². The van der Waals surface area contributed by atoms with E-state index < -0.39 is 73.5 Å². The second-order valence-electron chi connectivity index (χ2n) is 9.58. The van der Waals surface area contributed by atoms with Crippen LogP contribution in [0.15, 0.2) is 109 Å². The van der Waals surface area contributed by atoms with Crippen LogP contribution in [0.5, 0.6) is 5.75 Å². The number of nitrogens with zero attached hydrogens (tertiary/aromatic N) is 2. The molecule has 0 aromatic heterocycles. The van der Waals surface area contributed by atoms with Gasteiger partial charge < -0.3 is 10.4 Å². The molecule has 0 aliphatic rings. The predicted octanol–water partition coefficient (Wildman–Crippen LogP) is 5.53. The highest BCUT2D eigenvalue weighted by Gasteiger charge is 2.27. The minimum atomic E-state index is -5.22. The van der Waals surface area contributed by atoms with Crippen LogP contribution >= 0.6 is 12.0 Å². The Morgan fingerprint density at radius 1 is 0.750 bits per heavy atom. The van der Waals surface area contributed by atoms with Crippen molar-refractivity contribution in [2.45, 2.75) is 19.6 Å². The average molecular weight is 738 g/mol. The van der Waals surface area contributed by atoms with Crippen LogP contribution in [0.3, 0.4) is 0 Å². The summed E-state index contributed by atoms with van der Waals surface area (Å²) in [6, 6.07) is 16.1. The Labute approximate surface area is 274 Å². The smallest absolute Gasteiger partial charge is 0.297 e. The summed E-state index contributed by atoms with van der Waals surface area (Å²) in [7, 11) is -15.3. The molecule has 21 heteroatoms. The molecule has 5 aromatic rings. The number of anilines is 1. The summed E-state index contributed by atoms with van der Waals surface area (Å²) in [5.41, 5.74) is -1.60. The zero-order valence-corrected chi connectivity index (χ0v) is 26.7. The first-order valence-corrected chi connectivity index (χ1v) is 17.8. The van der Waals surface area contributed by atoms with E-state index >= 15 is 0 Å². The van der Waals surface area contributed by atoms with E-state index in [1.165, 1.54) is 24.3 Å². The number of aromatic hydroxyl groups is 1. The molecule has 0 heterocycles. The van der Waals surface area contributed by atoms with E-state index in [0.29, 0.717) is 12.0 Å². The lowest BCUT2D eigenvalue weighted by molar-refractivity contribution is -0.432. The Balaban J connectivity index is 1.77. The number of benzene rings is 5. The highest BCUT2D eigenvalue weighted by Crippen LogP contribution is 2.46. The molecule has 0 bridgehead atoms. The molecule has 5 aromatic carbocycles. The van der Waals surface area contributed by atoms with Crippen LogP contribution in [0.1, 0.15) is 10.4 Å². The van der Waals surface area contributed by atoms with E-state index in [0.717, 1.165) is 36.4 Å². The molecule has 0 unspecified atom stereocenters. The van der Waals surface area contributed by atoms with Gasteiger partial charge in [-0.2, -0.15) is 25.3 Å². The third-order valence-electron chi connectivity index (χ3n) is 6.59. The first-order chi connectivity index (χ1) is 22.5. The number of rotatable bonds is 10. The molecule has 0 atom stereocenters. The molecule has 6 N–H and O–H groups in total. The topological polar surface area (TPSA) is 276 Å². The number of phenolic OH excluding ortho intramolecular Hbond substituents is 1. The van der Waals surface area contributed by atoms with Crippen LogP contribution in [-0.2, 0) is 39.7 Å². The van der Waals surface area contributed by atoms with Crippen molar-refractivity contribution in [3.63, 3.8) is 0 Å². The van der Waals surface area contributed by atoms with Crippen LogP contribution in [0, 0.1) is 0 Å². The van der Waals surface area contributed by atoms with Gasteiger partial charge in [0.15, 0.2) is 5.75 Å². The fourth-order valence-corrected chi connectivity index (χ4v) is 7.35. The molecule has 0 aliphatic carbocycles. The fraction of sp³-hybridized carbons (Fsp3) is 0. The van der Waals surface area contributed by atoms with Gasteiger partial charge in [0, 0.05) is 26.6 Å².